The van der Waals surface area contributed by atoms with E-state index in [1.54, 1.807) is 0 Å². The van der Waals surface area contributed by atoms with E-state index in [4.69, 9.17) is 16.3 Å². The summed E-state index contributed by atoms with van der Waals surface area (Å²) in [5, 5.41) is -0.519. The Hall–Kier alpha value is -3.80. The molecule has 2 heterocycles. The number of piperazine rings is 1. The topological polar surface area (TPSA) is 75.6 Å². The summed E-state index contributed by atoms with van der Waals surface area (Å²) in [6.07, 6.45) is -4.23. The fourth-order valence-corrected chi connectivity index (χ4v) is 4.28. The lowest BCUT2D eigenvalue weighted by Crippen LogP contribution is -2.48. The molecule has 3 aromatic rings. The predicted octanol–water partition coefficient (Wildman–Crippen LogP) is 5.01. The number of hydrogen-bond acceptors (Lipinski definition) is 6. The van der Waals surface area contributed by atoms with Crippen molar-refractivity contribution in [2.45, 2.75) is 13.1 Å². The molecular weight excluding hydrogens is 523 g/mol. The zero-order valence-corrected chi connectivity index (χ0v) is 20.0. The second-order valence-corrected chi connectivity index (χ2v) is 8.45. The molecule has 7 nitrogen and oxygen atoms in total. The van der Waals surface area contributed by atoms with Gasteiger partial charge in [-0.25, -0.2) is 23.5 Å². The first-order valence-electron chi connectivity index (χ1n) is 10.8. The molecule has 1 fully saturated rings. The molecule has 1 amide bonds. The second kappa shape index (κ2) is 9.92. The van der Waals surface area contributed by atoms with E-state index in [2.05, 4.69) is 16.5 Å². The summed E-state index contributed by atoms with van der Waals surface area (Å²) < 4.78 is 76.9. The maximum atomic E-state index is 15.9. The summed E-state index contributed by atoms with van der Waals surface area (Å²) in [4.78, 5) is 33.4. The smallest absolute Gasteiger partial charge is 0.423 e. The maximum absolute atomic E-state index is 15.9. The molecule has 37 heavy (non-hydrogen) atoms. The van der Waals surface area contributed by atoms with Crippen LogP contribution < -0.4 is 9.64 Å². The summed E-state index contributed by atoms with van der Waals surface area (Å²) >= 11 is 6.35. The van der Waals surface area contributed by atoms with Gasteiger partial charge < -0.3 is 14.5 Å². The molecule has 2 aromatic carbocycles. The van der Waals surface area contributed by atoms with Crippen molar-refractivity contribution >= 4 is 40.2 Å². The van der Waals surface area contributed by atoms with Crippen LogP contribution in [0.15, 0.2) is 36.9 Å². The molecule has 0 spiro atoms. The van der Waals surface area contributed by atoms with Gasteiger partial charge in [0.25, 0.3) is 0 Å². The largest absolute Gasteiger partial charge is 0.451 e. The van der Waals surface area contributed by atoms with Crippen molar-refractivity contribution in [2.75, 3.05) is 31.1 Å². The van der Waals surface area contributed by atoms with E-state index >= 15 is 4.39 Å². The summed E-state index contributed by atoms with van der Waals surface area (Å²) in [5.41, 5.74) is -1.97. The van der Waals surface area contributed by atoms with Gasteiger partial charge in [0.2, 0.25) is 11.7 Å². The number of ether oxygens (including phenoxy) is 1. The highest BCUT2D eigenvalue weighted by molar-refractivity contribution is 6.34. The van der Waals surface area contributed by atoms with E-state index in [1.165, 1.54) is 28.9 Å². The molecular formula is C24H18ClF5N4O3. The average molecular weight is 541 g/mol. The highest BCUT2D eigenvalue weighted by atomic mass is 35.5. The lowest BCUT2D eigenvalue weighted by atomic mass is 10.0. The lowest BCUT2D eigenvalue weighted by molar-refractivity contribution is -0.144. The molecule has 0 N–H and O–H groups in total. The van der Waals surface area contributed by atoms with Crippen LogP contribution >= 0.6 is 11.6 Å². The number of fused-ring (bicyclic) bond motifs is 1. The molecule has 1 saturated heterocycles. The van der Waals surface area contributed by atoms with Crippen molar-refractivity contribution in [3.05, 3.63) is 59.4 Å². The van der Waals surface area contributed by atoms with Crippen LogP contribution in [0.25, 0.3) is 22.0 Å². The number of amides is 1. The van der Waals surface area contributed by atoms with Crippen molar-refractivity contribution in [1.82, 2.24) is 14.9 Å². The van der Waals surface area contributed by atoms with Gasteiger partial charge in [0.15, 0.2) is 5.82 Å². The third-order valence-corrected chi connectivity index (χ3v) is 6.04. The average Bonchev–Trinajstić information content (AvgIpc) is 2.84. The number of rotatable bonds is 4. The molecule has 0 radical (unpaired) electrons. The fraction of sp³-hybridized carbons (Fsp3) is 0.250. The highest BCUT2D eigenvalue weighted by Crippen LogP contribution is 2.43. The van der Waals surface area contributed by atoms with Crippen LogP contribution in [0, 0.1) is 11.6 Å². The first-order chi connectivity index (χ1) is 17.4. The number of hydrogen-bond donors (Lipinski definition) is 0. The van der Waals surface area contributed by atoms with Crippen LogP contribution in [0.1, 0.15) is 12.7 Å². The fourth-order valence-electron chi connectivity index (χ4n) is 3.99. The molecule has 0 atom stereocenters. The van der Waals surface area contributed by atoms with Gasteiger partial charge in [-0.3, -0.25) is 4.79 Å². The molecule has 4 rings (SSSR count). The minimum Gasteiger partial charge on any atom is -0.423 e. The van der Waals surface area contributed by atoms with Gasteiger partial charge in [0.05, 0.1) is 10.6 Å². The van der Waals surface area contributed by atoms with Crippen molar-refractivity contribution in [1.29, 1.82) is 0 Å². The third-order valence-electron chi connectivity index (χ3n) is 5.74. The Balaban J connectivity index is 1.95. The van der Waals surface area contributed by atoms with Crippen LogP contribution in [0.3, 0.4) is 0 Å². The van der Waals surface area contributed by atoms with E-state index in [1.807, 2.05) is 0 Å². The molecule has 194 valence electrons. The Bertz CT molecular complexity index is 1420. The summed E-state index contributed by atoms with van der Waals surface area (Å²) in [5.74, 6) is -5.84. The Morgan fingerprint density at radius 1 is 1.11 bits per heavy atom. The van der Waals surface area contributed by atoms with Gasteiger partial charge in [0, 0.05) is 50.1 Å². The van der Waals surface area contributed by atoms with Gasteiger partial charge in [-0.05, 0) is 18.2 Å². The van der Waals surface area contributed by atoms with Crippen molar-refractivity contribution in [3.63, 3.8) is 0 Å². The number of carbonyl (C=O) groups is 2. The Morgan fingerprint density at radius 3 is 2.38 bits per heavy atom. The summed E-state index contributed by atoms with van der Waals surface area (Å²) in [6, 6.07) is 4.44. The monoisotopic (exact) mass is 540 g/mol. The predicted molar refractivity (Wildman–Crippen MR) is 125 cm³/mol. The lowest BCUT2D eigenvalue weighted by Gasteiger charge is -2.35. The second-order valence-electron chi connectivity index (χ2n) is 8.04. The highest BCUT2D eigenvalue weighted by Gasteiger charge is 2.37. The van der Waals surface area contributed by atoms with Crippen LogP contribution in [-0.2, 0) is 15.8 Å². The minimum atomic E-state index is -5.03. The van der Waals surface area contributed by atoms with Crippen LogP contribution in [0.2, 0.25) is 5.02 Å². The molecule has 0 aliphatic carbocycles. The number of benzene rings is 2. The van der Waals surface area contributed by atoms with Gasteiger partial charge in [0.1, 0.15) is 22.9 Å². The van der Waals surface area contributed by atoms with E-state index < -0.39 is 52.0 Å². The van der Waals surface area contributed by atoms with E-state index in [9.17, 15) is 27.2 Å². The number of nitrogens with zero attached hydrogens (tertiary/aromatic N) is 4. The zero-order valence-electron chi connectivity index (χ0n) is 19.2. The van der Waals surface area contributed by atoms with Gasteiger partial charge in [-0.2, -0.15) is 13.2 Å². The number of esters is 1. The number of halogens is 6. The Labute approximate surface area is 212 Å². The van der Waals surface area contributed by atoms with Gasteiger partial charge in [-0.15, -0.1) is 0 Å². The molecule has 0 bridgehead atoms. The van der Waals surface area contributed by atoms with Gasteiger partial charge >= 0.3 is 12.1 Å². The molecule has 0 unspecified atom stereocenters. The van der Waals surface area contributed by atoms with Crippen LogP contribution in [-0.4, -0.2) is 52.9 Å². The van der Waals surface area contributed by atoms with Crippen molar-refractivity contribution in [2.24, 2.45) is 0 Å². The minimum absolute atomic E-state index is 0.124. The Morgan fingerprint density at radius 2 is 1.78 bits per heavy atom. The third kappa shape index (κ3) is 5.06. The first-order valence-corrected chi connectivity index (χ1v) is 11.2. The maximum Gasteiger partial charge on any atom is 0.451 e. The summed E-state index contributed by atoms with van der Waals surface area (Å²) in [6.45, 7) is 5.28. The number of aromatic nitrogens is 2. The molecule has 13 heteroatoms. The molecule has 0 saturated carbocycles. The van der Waals surface area contributed by atoms with Crippen LogP contribution in [0.4, 0.5) is 27.8 Å². The van der Waals surface area contributed by atoms with Crippen LogP contribution in [0.5, 0.6) is 5.75 Å². The summed E-state index contributed by atoms with van der Waals surface area (Å²) in [7, 11) is 0. The van der Waals surface area contributed by atoms with E-state index in [-0.39, 0.29) is 48.3 Å². The van der Waals surface area contributed by atoms with Gasteiger partial charge in [-0.1, -0.05) is 24.2 Å². The number of anilines is 1. The quantitative estimate of drug-likeness (QED) is 0.200. The zero-order chi connectivity index (χ0) is 27.1. The Kier molecular flexibility index (Phi) is 7.05. The molecule has 1 aromatic heterocycles. The number of alkyl halides is 3. The molecule has 1 aliphatic heterocycles. The SMILES string of the molecule is C=CC(=O)Oc1cccc(F)c1-c1c(Cl)cc2c(N3CCN(C(C)=O)CC3)nc(C(F)(F)F)nc2c1F. The molecule has 1 aliphatic rings. The van der Waals surface area contributed by atoms with Crippen molar-refractivity contribution < 1.29 is 36.3 Å². The van der Waals surface area contributed by atoms with Crippen molar-refractivity contribution in [3.8, 4) is 16.9 Å². The van der Waals surface area contributed by atoms with E-state index in [0.717, 1.165) is 18.2 Å². The number of carbonyl (C=O) groups excluding carboxylic acids is 2. The standard InChI is InChI=1S/C24H18ClF5N4O3/c1-3-17(36)37-16-6-4-5-15(26)19(16)18-14(25)11-13-21(20(18)27)31-23(24(28,29)30)32-22(13)34-9-7-33(8-10-34)12(2)35/h3-6,11H,1,7-10H2,2H3. The normalized spacial score (nSPS) is 14.1. The van der Waals surface area contributed by atoms with E-state index in [0.29, 0.717) is 0 Å². The first kappa shape index (κ1) is 26.3.